The first-order valence-electron chi connectivity index (χ1n) is 22.0. The monoisotopic (exact) mass is 845 g/mol. The third kappa shape index (κ3) is 7.20. The van der Waals surface area contributed by atoms with E-state index in [4.69, 9.17) is 24.9 Å². The number of nitrogens with zero attached hydrogens (tertiary/aromatic N) is 7. The number of pyridine rings is 5. The van der Waals surface area contributed by atoms with E-state index in [1.807, 2.05) is 66.7 Å². The highest BCUT2D eigenvalue weighted by Crippen LogP contribution is 2.39. The zero-order valence-electron chi connectivity index (χ0n) is 35.6. The lowest BCUT2D eigenvalue weighted by Crippen LogP contribution is -1.99. The van der Waals surface area contributed by atoms with Crippen LogP contribution in [0.5, 0.6) is 0 Å². The normalized spacial score (nSPS) is 11.3. The molecule has 0 atom stereocenters. The zero-order chi connectivity index (χ0) is 43.8. The molecule has 0 bridgehead atoms. The van der Waals surface area contributed by atoms with Crippen LogP contribution in [0.2, 0.25) is 0 Å². The van der Waals surface area contributed by atoms with Crippen LogP contribution >= 0.6 is 0 Å². The Bertz CT molecular complexity index is 3460. The number of fused-ring (bicyclic) bond motifs is 2. The minimum atomic E-state index is 0.710. The Kier molecular flexibility index (Phi) is 9.69. The first-order chi connectivity index (χ1) is 32.7. The van der Waals surface area contributed by atoms with Gasteiger partial charge in [0.15, 0.2) is 0 Å². The molecule has 12 aromatic rings. The van der Waals surface area contributed by atoms with Gasteiger partial charge in [-0.3, -0.25) is 8.80 Å². The van der Waals surface area contributed by atoms with Crippen molar-refractivity contribution in [3.63, 3.8) is 0 Å². The lowest BCUT2D eigenvalue weighted by atomic mass is 9.98. The molecule has 66 heavy (non-hydrogen) atoms. The number of aromatic nitrogens is 7. The minimum Gasteiger partial charge on any atom is -0.299 e. The third-order valence-electron chi connectivity index (χ3n) is 12.0. The van der Waals surface area contributed by atoms with Crippen LogP contribution in [0.4, 0.5) is 0 Å². The molecular weight excluding hydrogens is 807 g/mol. The SMILES string of the molecule is c1ccc(-c2cc(-c3cc(-c4ccccc4)cc(-c4nc5ccccn5c4-c4ccccc4)n3)nc(-c3cc(-c4ccccc4)cc(-c4nc5ccccn5c4-c4ccccc4)n3)c2)cc1. The molecule has 0 aliphatic carbocycles. The molecule has 12 rings (SSSR count). The van der Waals surface area contributed by atoms with Crippen LogP contribution in [0, 0.1) is 0 Å². The van der Waals surface area contributed by atoms with Gasteiger partial charge in [0.05, 0.1) is 45.6 Å². The summed E-state index contributed by atoms with van der Waals surface area (Å²) in [5.74, 6) is 0. The highest BCUT2D eigenvalue weighted by Gasteiger charge is 2.22. The molecule has 0 amide bonds. The Morgan fingerprint density at radius 1 is 0.227 bits per heavy atom. The standard InChI is InChI=1S/C59H39N7/c1-6-20-40(21-7-1)45-34-48(50-36-46(41-22-8-2-9-23-41)38-52(61-50)56-58(43-26-12-4-13-27-43)65-32-18-16-30-54(65)63-56)60-49(35-45)51-37-47(42-24-10-3-11-25-42)39-53(62-51)57-59(44-28-14-5-15-29-44)66-33-19-17-31-55(66)64-57/h1-39H. The number of hydrogen-bond donors (Lipinski definition) is 0. The fraction of sp³-hybridized carbons (Fsp3) is 0. The first-order valence-corrected chi connectivity index (χ1v) is 22.0. The van der Waals surface area contributed by atoms with Gasteiger partial charge < -0.3 is 0 Å². The van der Waals surface area contributed by atoms with E-state index >= 15 is 0 Å². The van der Waals surface area contributed by atoms with Crippen molar-refractivity contribution < 1.29 is 0 Å². The Morgan fingerprint density at radius 3 is 0.833 bits per heavy atom. The molecular formula is C59H39N7. The summed E-state index contributed by atoms with van der Waals surface area (Å²) in [5, 5.41) is 0. The van der Waals surface area contributed by atoms with Crippen molar-refractivity contribution in [3.8, 4) is 101 Å². The van der Waals surface area contributed by atoms with Gasteiger partial charge in [-0.2, -0.15) is 0 Å². The minimum absolute atomic E-state index is 0.710. The van der Waals surface area contributed by atoms with Gasteiger partial charge >= 0.3 is 0 Å². The van der Waals surface area contributed by atoms with Gasteiger partial charge in [0.25, 0.3) is 0 Å². The fourth-order valence-corrected chi connectivity index (χ4v) is 8.84. The summed E-state index contributed by atoms with van der Waals surface area (Å²) in [7, 11) is 0. The van der Waals surface area contributed by atoms with Gasteiger partial charge in [0.1, 0.15) is 22.7 Å². The third-order valence-corrected chi connectivity index (χ3v) is 12.0. The van der Waals surface area contributed by atoms with Crippen molar-refractivity contribution in [2.24, 2.45) is 0 Å². The van der Waals surface area contributed by atoms with Crippen LogP contribution in [0.1, 0.15) is 0 Å². The number of imidazole rings is 2. The van der Waals surface area contributed by atoms with Crippen LogP contribution < -0.4 is 0 Å². The molecule has 0 spiro atoms. The van der Waals surface area contributed by atoms with E-state index in [0.717, 1.165) is 90.0 Å². The van der Waals surface area contributed by atoms with Crippen LogP contribution in [-0.4, -0.2) is 33.7 Å². The highest BCUT2D eigenvalue weighted by molar-refractivity contribution is 5.87. The lowest BCUT2D eigenvalue weighted by molar-refractivity contribution is 1.19. The predicted octanol–water partition coefficient (Wildman–Crippen LogP) is 14.2. The van der Waals surface area contributed by atoms with E-state index in [1.54, 1.807) is 0 Å². The fourth-order valence-electron chi connectivity index (χ4n) is 8.84. The number of hydrogen-bond acceptors (Lipinski definition) is 5. The molecule has 7 nitrogen and oxygen atoms in total. The Morgan fingerprint density at radius 2 is 0.500 bits per heavy atom. The first kappa shape index (κ1) is 38.6. The summed E-state index contributed by atoms with van der Waals surface area (Å²) in [6.45, 7) is 0. The second-order valence-electron chi connectivity index (χ2n) is 16.2. The molecule has 0 unspecified atom stereocenters. The lowest BCUT2D eigenvalue weighted by Gasteiger charge is -2.14. The van der Waals surface area contributed by atoms with Gasteiger partial charge in [-0.25, -0.2) is 24.9 Å². The number of rotatable bonds is 9. The average molecular weight is 846 g/mol. The largest absolute Gasteiger partial charge is 0.299 e. The molecule has 310 valence electrons. The molecule has 7 heteroatoms. The zero-order valence-corrected chi connectivity index (χ0v) is 35.6. The average Bonchev–Trinajstić information content (AvgIpc) is 3.99. The summed E-state index contributed by atoms with van der Waals surface area (Å²) in [6.07, 6.45) is 4.13. The summed E-state index contributed by atoms with van der Waals surface area (Å²) >= 11 is 0. The van der Waals surface area contributed by atoms with Crippen LogP contribution in [-0.2, 0) is 0 Å². The smallest absolute Gasteiger partial charge is 0.138 e. The molecule has 0 radical (unpaired) electrons. The van der Waals surface area contributed by atoms with E-state index in [2.05, 4.69) is 179 Å². The van der Waals surface area contributed by atoms with E-state index in [9.17, 15) is 0 Å². The van der Waals surface area contributed by atoms with E-state index < -0.39 is 0 Å². The van der Waals surface area contributed by atoms with Gasteiger partial charge in [0, 0.05) is 23.5 Å². The Labute approximate surface area is 381 Å². The Balaban J connectivity index is 1.11. The van der Waals surface area contributed by atoms with Crippen LogP contribution in [0.3, 0.4) is 0 Å². The maximum Gasteiger partial charge on any atom is 0.138 e. The van der Waals surface area contributed by atoms with Crippen molar-refractivity contribution in [1.29, 1.82) is 0 Å². The van der Waals surface area contributed by atoms with Gasteiger partial charge in [-0.1, -0.05) is 164 Å². The topological polar surface area (TPSA) is 73.3 Å². The van der Waals surface area contributed by atoms with Gasteiger partial charge in [-0.05, 0) is 94.0 Å². The second kappa shape index (κ2) is 16.6. The maximum absolute atomic E-state index is 5.51. The molecule has 0 fully saturated rings. The summed E-state index contributed by atoms with van der Waals surface area (Å²) in [4.78, 5) is 27.0. The van der Waals surface area contributed by atoms with Crippen LogP contribution in [0.15, 0.2) is 237 Å². The molecule has 7 aromatic heterocycles. The maximum atomic E-state index is 5.51. The molecule has 0 N–H and O–H groups in total. The second-order valence-corrected chi connectivity index (χ2v) is 16.2. The molecule has 7 heterocycles. The van der Waals surface area contributed by atoms with Crippen molar-refractivity contribution in [1.82, 2.24) is 33.7 Å². The molecule has 5 aromatic carbocycles. The predicted molar refractivity (Wildman–Crippen MR) is 266 cm³/mol. The number of benzene rings is 5. The van der Waals surface area contributed by atoms with Crippen LogP contribution in [0.25, 0.3) is 113 Å². The van der Waals surface area contributed by atoms with Gasteiger partial charge in [-0.15, -0.1) is 0 Å². The molecule has 0 saturated heterocycles. The molecule has 0 aliphatic heterocycles. The van der Waals surface area contributed by atoms with E-state index in [-0.39, 0.29) is 0 Å². The highest BCUT2D eigenvalue weighted by atomic mass is 15.0. The summed E-state index contributed by atoms with van der Waals surface area (Å²) in [5.41, 5.74) is 17.8. The summed E-state index contributed by atoms with van der Waals surface area (Å²) < 4.78 is 4.28. The molecule has 0 aliphatic rings. The van der Waals surface area contributed by atoms with Crippen molar-refractivity contribution in [3.05, 3.63) is 237 Å². The quantitative estimate of drug-likeness (QED) is 0.145. The summed E-state index contributed by atoms with van der Waals surface area (Å²) in [6, 6.07) is 77.1. The van der Waals surface area contributed by atoms with Gasteiger partial charge in [0.2, 0.25) is 0 Å². The van der Waals surface area contributed by atoms with E-state index in [1.165, 1.54) is 0 Å². The van der Waals surface area contributed by atoms with Crippen molar-refractivity contribution >= 4 is 11.3 Å². The molecule has 0 saturated carbocycles. The Hall–Kier alpha value is -9.07. The van der Waals surface area contributed by atoms with Crippen molar-refractivity contribution in [2.75, 3.05) is 0 Å². The van der Waals surface area contributed by atoms with E-state index in [0.29, 0.717) is 22.8 Å². The van der Waals surface area contributed by atoms with Crippen molar-refractivity contribution in [2.45, 2.75) is 0 Å².